The summed E-state index contributed by atoms with van der Waals surface area (Å²) in [5.41, 5.74) is 7.30. The summed E-state index contributed by atoms with van der Waals surface area (Å²) in [4.78, 5) is 32.6. The summed E-state index contributed by atoms with van der Waals surface area (Å²) in [5.74, 6) is -0.493. The topological polar surface area (TPSA) is 88.3 Å². The lowest BCUT2D eigenvalue weighted by atomic mass is 9.97. The van der Waals surface area contributed by atoms with Gasteiger partial charge in [-0.1, -0.05) is 24.3 Å². The first-order valence-corrected chi connectivity index (χ1v) is 11.2. The lowest BCUT2D eigenvalue weighted by molar-refractivity contribution is -0.123. The number of piperidine rings is 1. The van der Waals surface area contributed by atoms with E-state index in [0.29, 0.717) is 18.0 Å². The van der Waals surface area contributed by atoms with Crippen molar-refractivity contribution in [2.45, 2.75) is 19.4 Å². The van der Waals surface area contributed by atoms with E-state index in [2.05, 4.69) is 15.2 Å². The number of carbonyl (C=O) groups is 2. The monoisotopic (exact) mass is 426 g/mol. The minimum atomic E-state index is -0.233. The van der Waals surface area contributed by atoms with Crippen LogP contribution in [0.15, 0.2) is 48.0 Å². The molecule has 3 aromatic rings. The highest BCUT2D eigenvalue weighted by molar-refractivity contribution is 7.22. The van der Waals surface area contributed by atoms with Crippen molar-refractivity contribution < 1.29 is 9.59 Å². The standard InChI is InChI=1S/C21H22N4O2S2/c22-19(26)15-6-3-9-25(13-15)12-14-5-1-2-7-16(14)24-20(27)18-11-23-21(29-18)17-8-4-10-28-17/h1-2,4-5,7-8,10-11,15H,3,6,9,12-13H2,(H2,22,26)(H,24,27). The predicted molar refractivity (Wildman–Crippen MR) is 117 cm³/mol. The average Bonchev–Trinajstić information content (AvgIpc) is 3.41. The van der Waals surface area contributed by atoms with Crippen LogP contribution in [-0.2, 0) is 11.3 Å². The molecule has 0 saturated carbocycles. The molecule has 2 aromatic heterocycles. The van der Waals surface area contributed by atoms with Crippen LogP contribution in [-0.4, -0.2) is 34.8 Å². The molecule has 0 bridgehead atoms. The number of hydrogen-bond acceptors (Lipinski definition) is 6. The normalized spacial score (nSPS) is 17.2. The summed E-state index contributed by atoms with van der Waals surface area (Å²) in [5, 5.41) is 5.87. The van der Waals surface area contributed by atoms with Gasteiger partial charge in [-0.2, -0.15) is 0 Å². The molecule has 8 heteroatoms. The molecule has 3 N–H and O–H groups in total. The fourth-order valence-corrected chi connectivity index (χ4v) is 5.14. The van der Waals surface area contributed by atoms with Crippen molar-refractivity contribution in [1.29, 1.82) is 0 Å². The molecule has 2 amide bonds. The first kappa shape index (κ1) is 19.8. The van der Waals surface area contributed by atoms with Crippen LogP contribution in [0.25, 0.3) is 9.88 Å². The summed E-state index contributed by atoms with van der Waals surface area (Å²) >= 11 is 3.00. The molecule has 6 nitrogen and oxygen atoms in total. The zero-order valence-corrected chi connectivity index (χ0v) is 17.5. The molecule has 3 heterocycles. The third-order valence-corrected chi connectivity index (χ3v) is 7.06. The number of likely N-dealkylation sites (tertiary alicyclic amines) is 1. The number of nitrogens with one attached hydrogen (secondary N) is 1. The largest absolute Gasteiger partial charge is 0.369 e. The number of rotatable bonds is 6. The molecule has 0 spiro atoms. The fraction of sp³-hybridized carbons (Fsp3) is 0.286. The van der Waals surface area contributed by atoms with E-state index in [9.17, 15) is 9.59 Å². The number of thiophene rings is 1. The van der Waals surface area contributed by atoms with E-state index in [0.717, 1.165) is 40.5 Å². The smallest absolute Gasteiger partial charge is 0.267 e. The average molecular weight is 427 g/mol. The third-order valence-electron chi connectivity index (χ3n) is 5.03. The number of aromatic nitrogens is 1. The van der Waals surface area contributed by atoms with Crippen LogP contribution in [0.5, 0.6) is 0 Å². The lowest BCUT2D eigenvalue weighted by Gasteiger charge is -2.31. The predicted octanol–water partition coefficient (Wildman–Crippen LogP) is 3.82. The van der Waals surface area contributed by atoms with Crippen molar-refractivity contribution in [1.82, 2.24) is 9.88 Å². The Bertz CT molecular complexity index is 1000. The molecular formula is C21H22N4O2S2. The Morgan fingerprint density at radius 1 is 1.24 bits per heavy atom. The molecule has 1 fully saturated rings. The van der Waals surface area contributed by atoms with Crippen molar-refractivity contribution in [3.8, 4) is 9.88 Å². The van der Waals surface area contributed by atoms with Crippen LogP contribution in [0.2, 0.25) is 0 Å². The molecule has 0 aliphatic carbocycles. The minimum Gasteiger partial charge on any atom is -0.369 e. The van der Waals surface area contributed by atoms with Gasteiger partial charge in [-0.25, -0.2) is 4.98 Å². The molecule has 1 aromatic carbocycles. The molecule has 150 valence electrons. The van der Waals surface area contributed by atoms with Crippen molar-refractivity contribution in [3.63, 3.8) is 0 Å². The van der Waals surface area contributed by atoms with Crippen LogP contribution >= 0.6 is 22.7 Å². The summed E-state index contributed by atoms with van der Waals surface area (Å²) in [7, 11) is 0. The Morgan fingerprint density at radius 2 is 2.10 bits per heavy atom. The van der Waals surface area contributed by atoms with Gasteiger partial charge in [0.2, 0.25) is 5.91 Å². The number of benzene rings is 1. The second kappa shape index (κ2) is 8.86. The van der Waals surface area contributed by atoms with Gasteiger partial charge < -0.3 is 11.1 Å². The number of para-hydroxylation sites is 1. The molecular weight excluding hydrogens is 404 g/mol. The highest BCUT2D eigenvalue weighted by Crippen LogP contribution is 2.29. The van der Waals surface area contributed by atoms with Crippen molar-refractivity contribution in [3.05, 3.63) is 58.4 Å². The van der Waals surface area contributed by atoms with E-state index in [1.165, 1.54) is 11.3 Å². The van der Waals surface area contributed by atoms with E-state index < -0.39 is 0 Å². The Balaban J connectivity index is 1.46. The zero-order valence-electron chi connectivity index (χ0n) is 15.8. The van der Waals surface area contributed by atoms with Crippen LogP contribution in [0, 0.1) is 5.92 Å². The number of nitrogens with two attached hydrogens (primary N) is 1. The Hall–Kier alpha value is -2.55. The lowest BCUT2D eigenvalue weighted by Crippen LogP contribution is -2.40. The molecule has 0 radical (unpaired) electrons. The highest BCUT2D eigenvalue weighted by atomic mass is 32.1. The van der Waals surface area contributed by atoms with Crippen LogP contribution in [0.3, 0.4) is 0 Å². The maximum Gasteiger partial charge on any atom is 0.267 e. The van der Waals surface area contributed by atoms with Crippen molar-refractivity contribution in [2.75, 3.05) is 18.4 Å². The van der Waals surface area contributed by atoms with Crippen LogP contribution < -0.4 is 11.1 Å². The maximum atomic E-state index is 12.8. The number of anilines is 1. The summed E-state index contributed by atoms with van der Waals surface area (Å²) in [6.45, 7) is 2.26. The summed E-state index contributed by atoms with van der Waals surface area (Å²) < 4.78 is 0. The first-order chi connectivity index (χ1) is 14.1. The van der Waals surface area contributed by atoms with E-state index in [-0.39, 0.29) is 17.7 Å². The quantitative estimate of drug-likeness (QED) is 0.627. The fourth-order valence-electron chi connectivity index (χ4n) is 3.53. The van der Waals surface area contributed by atoms with Gasteiger partial charge in [0.05, 0.1) is 17.0 Å². The molecule has 29 heavy (non-hydrogen) atoms. The Kier molecular flexibility index (Phi) is 6.03. The molecule has 1 aliphatic rings. The minimum absolute atomic E-state index is 0.0987. The number of nitrogens with zero attached hydrogens (tertiary/aromatic N) is 2. The summed E-state index contributed by atoms with van der Waals surface area (Å²) in [6.07, 6.45) is 3.43. The first-order valence-electron chi connectivity index (χ1n) is 9.51. The Labute approximate surface area is 177 Å². The second-order valence-corrected chi connectivity index (χ2v) is 9.07. The van der Waals surface area contributed by atoms with Gasteiger partial charge in [-0.05, 0) is 42.5 Å². The van der Waals surface area contributed by atoms with Crippen LogP contribution in [0.4, 0.5) is 5.69 Å². The SMILES string of the molecule is NC(=O)C1CCCN(Cc2ccccc2NC(=O)c2cnc(-c3cccs3)s2)C1. The van der Waals surface area contributed by atoms with E-state index in [4.69, 9.17) is 5.73 Å². The number of primary amides is 1. The highest BCUT2D eigenvalue weighted by Gasteiger charge is 2.24. The maximum absolute atomic E-state index is 12.8. The molecule has 1 saturated heterocycles. The summed E-state index contributed by atoms with van der Waals surface area (Å²) in [6, 6.07) is 11.8. The van der Waals surface area contributed by atoms with Gasteiger partial charge in [-0.15, -0.1) is 22.7 Å². The van der Waals surface area contributed by atoms with E-state index in [1.54, 1.807) is 17.5 Å². The van der Waals surface area contributed by atoms with Gasteiger partial charge in [0, 0.05) is 18.8 Å². The van der Waals surface area contributed by atoms with Gasteiger partial charge in [0.25, 0.3) is 5.91 Å². The van der Waals surface area contributed by atoms with E-state index >= 15 is 0 Å². The number of carbonyl (C=O) groups excluding carboxylic acids is 2. The van der Waals surface area contributed by atoms with Gasteiger partial charge in [0.1, 0.15) is 9.88 Å². The van der Waals surface area contributed by atoms with E-state index in [1.807, 2.05) is 41.8 Å². The van der Waals surface area contributed by atoms with Gasteiger partial charge in [0.15, 0.2) is 0 Å². The second-order valence-electron chi connectivity index (χ2n) is 7.09. The van der Waals surface area contributed by atoms with Crippen molar-refractivity contribution >= 4 is 40.2 Å². The van der Waals surface area contributed by atoms with Gasteiger partial charge in [-0.3, -0.25) is 14.5 Å². The molecule has 4 rings (SSSR count). The number of thiazole rings is 1. The zero-order chi connectivity index (χ0) is 20.2. The number of amides is 2. The molecule has 1 unspecified atom stereocenters. The van der Waals surface area contributed by atoms with Gasteiger partial charge >= 0.3 is 0 Å². The third kappa shape index (κ3) is 4.72. The van der Waals surface area contributed by atoms with Crippen molar-refractivity contribution in [2.24, 2.45) is 11.7 Å². The Morgan fingerprint density at radius 3 is 2.90 bits per heavy atom. The number of hydrogen-bond donors (Lipinski definition) is 2. The molecule has 1 atom stereocenters. The molecule has 1 aliphatic heterocycles. The van der Waals surface area contributed by atoms with Crippen LogP contribution in [0.1, 0.15) is 28.1 Å².